The average molecular weight is 368 g/mol. The van der Waals surface area contributed by atoms with Gasteiger partial charge >= 0.3 is 0 Å². The second-order valence-electron chi connectivity index (χ2n) is 6.68. The van der Waals surface area contributed by atoms with Gasteiger partial charge in [-0.1, -0.05) is 30.3 Å². The van der Waals surface area contributed by atoms with E-state index in [1.54, 1.807) is 12.1 Å². The van der Waals surface area contributed by atoms with Crippen LogP contribution < -0.4 is 10.2 Å². The number of anilines is 1. The van der Waals surface area contributed by atoms with Crippen LogP contribution in [0.2, 0.25) is 0 Å². The van der Waals surface area contributed by atoms with Crippen molar-refractivity contribution in [2.24, 2.45) is 0 Å². The molecule has 7 nitrogen and oxygen atoms in total. The van der Waals surface area contributed by atoms with Crippen LogP contribution in [-0.4, -0.2) is 48.0 Å². The van der Waals surface area contributed by atoms with Crippen molar-refractivity contribution in [1.82, 2.24) is 10.2 Å². The van der Waals surface area contributed by atoms with Crippen molar-refractivity contribution in [1.29, 1.82) is 0 Å². The maximum absolute atomic E-state index is 12.4. The molecule has 7 heteroatoms. The van der Waals surface area contributed by atoms with Gasteiger partial charge in [0, 0.05) is 50.5 Å². The maximum atomic E-state index is 12.4. The molecule has 1 aliphatic rings. The van der Waals surface area contributed by atoms with Gasteiger partial charge in [-0.2, -0.15) is 0 Å². The van der Waals surface area contributed by atoms with Gasteiger partial charge in [0.1, 0.15) is 0 Å². The molecule has 0 unspecified atom stereocenters. The monoisotopic (exact) mass is 368 g/mol. The quantitative estimate of drug-likeness (QED) is 0.626. The first-order valence-electron chi connectivity index (χ1n) is 9.09. The molecule has 0 aromatic heterocycles. The highest BCUT2D eigenvalue weighted by molar-refractivity contribution is 5.81. The first-order valence-corrected chi connectivity index (χ1v) is 9.09. The lowest BCUT2D eigenvalue weighted by Gasteiger charge is -2.38. The predicted octanol–water partition coefficient (Wildman–Crippen LogP) is 2.42. The first kappa shape index (κ1) is 18.8. The lowest BCUT2D eigenvalue weighted by atomic mass is 10.1. The lowest BCUT2D eigenvalue weighted by Crippen LogP contribution is -2.53. The number of benzene rings is 2. The number of hydrogen-bond donors (Lipinski definition) is 1. The molecule has 0 saturated carbocycles. The number of amides is 1. The molecule has 0 aliphatic carbocycles. The van der Waals surface area contributed by atoms with E-state index in [2.05, 4.69) is 15.1 Å². The smallest absolute Gasteiger partial charge is 0.269 e. The molecule has 142 valence electrons. The average Bonchev–Trinajstić information content (AvgIpc) is 2.72. The molecular weight excluding hydrogens is 344 g/mol. The van der Waals surface area contributed by atoms with Crippen LogP contribution >= 0.6 is 0 Å². The molecule has 1 saturated heterocycles. The van der Waals surface area contributed by atoms with Crippen molar-refractivity contribution in [3.05, 3.63) is 70.3 Å². The Hall–Kier alpha value is -2.93. The number of nitrogens with zero attached hydrogens (tertiary/aromatic N) is 3. The summed E-state index contributed by atoms with van der Waals surface area (Å²) in [4.78, 5) is 27.2. The third-order valence-electron chi connectivity index (χ3n) is 4.98. The minimum absolute atomic E-state index is 0.0302. The van der Waals surface area contributed by atoms with E-state index in [0.29, 0.717) is 6.54 Å². The molecule has 0 spiro atoms. The van der Waals surface area contributed by atoms with Gasteiger partial charge in [-0.05, 0) is 24.6 Å². The molecule has 1 aliphatic heterocycles. The minimum Gasteiger partial charge on any atom is -0.369 e. The first-order chi connectivity index (χ1) is 13.0. The number of nitro groups is 1. The van der Waals surface area contributed by atoms with E-state index in [9.17, 15) is 14.9 Å². The zero-order valence-corrected chi connectivity index (χ0v) is 15.4. The molecular formula is C20H24N4O3. The minimum atomic E-state index is -0.391. The number of carbonyl (C=O) groups excluding carboxylic acids is 1. The molecule has 2 aromatic rings. The summed E-state index contributed by atoms with van der Waals surface area (Å²) in [6, 6.07) is 16.3. The van der Waals surface area contributed by atoms with Gasteiger partial charge < -0.3 is 10.2 Å². The number of nitro benzene ring substituents is 1. The Morgan fingerprint density at radius 2 is 1.70 bits per heavy atom. The summed E-state index contributed by atoms with van der Waals surface area (Å²) in [5, 5.41) is 13.8. The van der Waals surface area contributed by atoms with Crippen LogP contribution in [0, 0.1) is 10.1 Å². The summed E-state index contributed by atoms with van der Waals surface area (Å²) in [7, 11) is 0. The topological polar surface area (TPSA) is 78.7 Å². The Labute approximate surface area is 158 Å². The van der Waals surface area contributed by atoms with Gasteiger partial charge in [-0.15, -0.1) is 0 Å². The normalized spacial score (nSPS) is 16.0. The SMILES string of the molecule is C[C@H](C(=O)NCc1ccccc1)N1CCN(c2ccc([N+](=O)[O-])cc2)CC1. The molecule has 3 rings (SSSR count). The van der Waals surface area contributed by atoms with Crippen LogP contribution in [0.15, 0.2) is 54.6 Å². The maximum Gasteiger partial charge on any atom is 0.269 e. The summed E-state index contributed by atoms with van der Waals surface area (Å²) < 4.78 is 0. The van der Waals surface area contributed by atoms with Crippen molar-refractivity contribution in [2.75, 3.05) is 31.1 Å². The molecule has 27 heavy (non-hydrogen) atoms. The van der Waals surface area contributed by atoms with Crippen molar-refractivity contribution in [3.63, 3.8) is 0 Å². The van der Waals surface area contributed by atoms with Crippen LogP contribution in [-0.2, 0) is 11.3 Å². The number of carbonyl (C=O) groups is 1. The second-order valence-corrected chi connectivity index (χ2v) is 6.68. The second kappa shape index (κ2) is 8.64. The Kier molecular flexibility index (Phi) is 6.03. The van der Waals surface area contributed by atoms with Crippen molar-refractivity contribution in [3.8, 4) is 0 Å². The standard InChI is InChI=1S/C20H24N4O3/c1-16(20(25)21-15-17-5-3-2-4-6-17)22-11-13-23(14-12-22)18-7-9-19(10-8-18)24(26)27/h2-10,16H,11-15H2,1H3,(H,21,25)/t16-/m1/s1. The van der Waals surface area contributed by atoms with Crippen LogP contribution in [0.1, 0.15) is 12.5 Å². The molecule has 1 fully saturated rings. The third kappa shape index (κ3) is 4.83. The van der Waals surface area contributed by atoms with Crippen LogP contribution in [0.4, 0.5) is 11.4 Å². The fourth-order valence-corrected chi connectivity index (χ4v) is 3.25. The predicted molar refractivity (Wildman–Crippen MR) is 105 cm³/mol. The van der Waals surface area contributed by atoms with Crippen LogP contribution in [0.5, 0.6) is 0 Å². The molecule has 2 aromatic carbocycles. The van der Waals surface area contributed by atoms with Gasteiger partial charge in [0.15, 0.2) is 0 Å². The van der Waals surface area contributed by atoms with E-state index in [1.165, 1.54) is 12.1 Å². The van der Waals surface area contributed by atoms with Gasteiger partial charge in [0.2, 0.25) is 5.91 Å². The van der Waals surface area contributed by atoms with Crippen LogP contribution in [0.3, 0.4) is 0 Å². The molecule has 1 atom stereocenters. The molecule has 0 bridgehead atoms. The van der Waals surface area contributed by atoms with Gasteiger partial charge in [0.25, 0.3) is 5.69 Å². The van der Waals surface area contributed by atoms with E-state index in [1.807, 2.05) is 37.3 Å². The number of rotatable bonds is 6. The fourth-order valence-electron chi connectivity index (χ4n) is 3.25. The van der Waals surface area contributed by atoms with Crippen LogP contribution in [0.25, 0.3) is 0 Å². The van der Waals surface area contributed by atoms with E-state index >= 15 is 0 Å². The number of nitrogens with one attached hydrogen (secondary N) is 1. The molecule has 1 amide bonds. The van der Waals surface area contributed by atoms with E-state index in [0.717, 1.165) is 37.4 Å². The van der Waals surface area contributed by atoms with E-state index < -0.39 is 4.92 Å². The molecule has 0 radical (unpaired) electrons. The zero-order chi connectivity index (χ0) is 19.2. The fraction of sp³-hybridized carbons (Fsp3) is 0.350. The summed E-state index contributed by atoms with van der Waals surface area (Å²) in [6.07, 6.45) is 0. The number of piperazine rings is 1. The summed E-state index contributed by atoms with van der Waals surface area (Å²) in [6.45, 7) is 5.59. The highest BCUT2D eigenvalue weighted by atomic mass is 16.6. The zero-order valence-electron chi connectivity index (χ0n) is 15.4. The highest BCUT2D eigenvalue weighted by Gasteiger charge is 2.25. The summed E-state index contributed by atoms with van der Waals surface area (Å²) in [5.74, 6) is 0.0302. The lowest BCUT2D eigenvalue weighted by molar-refractivity contribution is -0.384. The largest absolute Gasteiger partial charge is 0.369 e. The van der Waals surface area contributed by atoms with Gasteiger partial charge in [-0.25, -0.2) is 0 Å². The number of non-ortho nitro benzene ring substituents is 1. The Morgan fingerprint density at radius 1 is 1.07 bits per heavy atom. The summed E-state index contributed by atoms with van der Waals surface area (Å²) in [5.41, 5.74) is 2.16. The van der Waals surface area contributed by atoms with E-state index in [-0.39, 0.29) is 17.6 Å². The molecule has 1 N–H and O–H groups in total. The number of hydrogen-bond acceptors (Lipinski definition) is 5. The Bertz CT molecular complexity index is 772. The Morgan fingerprint density at radius 3 is 2.30 bits per heavy atom. The highest BCUT2D eigenvalue weighted by Crippen LogP contribution is 2.21. The van der Waals surface area contributed by atoms with E-state index in [4.69, 9.17) is 0 Å². The third-order valence-corrected chi connectivity index (χ3v) is 4.98. The summed E-state index contributed by atoms with van der Waals surface area (Å²) >= 11 is 0. The van der Waals surface area contributed by atoms with Gasteiger partial charge in [-0.3, -0.25) is 19.8 Å². The van der Waals surface area contributed by atoms with Crippen molar-refractivity contribution < 1.29 is 9.72 Å². The van der Waals surface area contributed by atoms with Crippen molar-refractivity contribution in [2.45, 2.75) is 19.5 Å². The Balaban J connectivity index is 1.49. The van der Waals surface area contributed by atoms with Crippen molar-refractivity contribution >= 4 is 17.3 Å². The van der Waals surface area contributed by atoms with Gasteiger partial charge in [0.05, 0.1) is 11.0 Å². The molecule has 1 heterocycles.